The number of hydrogen-bond donors (Lipinski definition) is 1. The fourth-order valence-electron chi connectivity index (χ4n) is 1.25. The fourth-order valence-corrected chi connectivity index (χ4v) is 1.25. The summed E-state index contributed by atoms with van der Waals surface area (Å²) in [7, 11) is 0. The Morgan fingerprint density at radius 1 is 1.31 bits per heavy atom. The molecule has 2 rings (SSSR count). The highest BCUT2D eigenvalue weighted by Gasteiger charge is 2.09. The van der Waals surface area contributed by atoms with Gasteiger partial charge in [0.05, 0.1) is 12.2 Å². The lowest BCUT2D eigenvalue weighted by Crippen LogP contribution is -2.04. The molecule has 0 aliphatic heterocycles. The first-order valence-corrected chi connectivity index (χ1v) is 4.64. The minimum Gasteiger partial charge on any atom is -0.439 e. The lowest BCUT2D eigenvalue weighted by molar-refractivity contribution is 0.473. The van der Waals surface area contributed by atoms with Gasteiger partial charge in [0, 0.05) is 5.56 Å². The summed E-state index contributed by atoms with van der Waals surface area (Å²) in [5.74, 6) is 0.808. The Bertz CT molecular complexity index is 453. The van der Waals surface area contributed by atoms with E-state index >= 15 is 0 Å². The van der Waals surface area contributed by atoms with Crippen LogP contribution in [-0.4, -0.2) is 4.98 Å². The van der Waals surface area contributed by atoms with Crippen LogP contribution in [0.3, 0.4) is 0 Å². The Labute approximate surface area is 98.9 Å². The Kier molecular flexibility index (Phi) is 4.04. The largest absolute Gasteiger partial charge is 0.439 e. The highest BCUT2D eigenvalue weighted by atomic mass is 35.5. The molecule has 0 bridgehead atoms. The first-order chi connectivity index (χ1) is 7.16. The van der Waals surface area contributed by atoms with Crippen LogP contribution >= 0.6 is 12.4 Å². The maximum absolute atomic E-state index is 12.7. The molecule has 1 aromatic heterocycles. The number of aromatic nitrogens is 1. The van der Waals surface area contributed by atoms with Gasteiger partial charge >= 0.3 is 0 Å². The van der Waals surface area contributed by atoms with Crippen LogP contribution in [0.25, 0.3) is 11.3 Å². The summed E-state index contributed by atoms with van der Waals surface area (Å²) in [4.78, 5) is 4.03. The molecule has 0 spiro atoms. The SMILES string of the molecule is CC(N)c1ncc(-c2ccc(F)cc2)o1.Cl. The molecule has 0 saturated heterocycles. The molecule has 1 aromatic carbocycles. The number of hydrogen-bond acceptors (Lipinski definition) is 3. The molecule has 16 heavy (non-hydrogen) atoms. The van der Waals surface area contributed by atoms with Crippen LogP contribution in [0.2, 0.25) is 0 Å². The van der Waals surface area contributed by atoms with Gasteiger partial charge in [-0.3, -0.25) is 0 Å². The normalized spacial score (nSPS) is 11.9. The average molecular weight is 243 g/mol. The number of nitrogens with two attached hydrogens (primary N) is 1. The van der Waals surface area contributed by atoms with E-state index < -0.39 is 0 Å². The van der Waals surface area contributed by atoms with E-state index in [1.807, 2.05) is 0 Å². The molecule has 3 nitrogen and oxygen atoms in total. The third kappa shape index (κ3) is 2.59. The van der Waals surface area contributed by atoms with Crippen molar-refractivity contribution in [1.82, 2.24) is 4.98 Å². The van der Waals surface area contributed by atoms with Gasteiger partial charge in [-0.1, -0.05) is 0 Å². The third-order valence-electron chi connectivity index (χ3n) is 2.04. The van der Waals surface area contributed by atoms with Crippen LogP contribution in [-0.2, 0) is 0 Å². The highest BCUT2D eigenvalue weighted by molar-refractivity contribution is 5.85. The summed E-state index contributed by atoms with van der Waals surface area (Å²) < 4.78 is 18.1. The van der Waals surface area contributed by atoms with E-state index in [1.165, 1.54) is 12.1 Å². The number of halogens is 2. The Morgan fingerprint density at radius 3 is 2.44 bits per heavy atom. The van der Waals surface area contributed by atoms with Gasteiger partial charge in [0.2, 0.25) is 5.89 Å². The van der Waals surface area contributed by atoms with Gasteiger partial charge in [-0.25, -0.2) is 9.37 Å². The molecule has 1 heterocycles. The van der Waals surface area contributed by atoms with E-state index in [0.29, 0.717) is 11.7 Å². The van der Waals surface area contributed by atoms with Crippen LogP contribution in [0, 0.1) is 5.82 Å². The molecule has 0 amide bonds. The summed E-state index contributed by atoms with van der Waals surface area (Å²) in [5, 5.41) is 0. The molecule has 0 aliphatic rings. The molecular weight excluding hydrogens is 231 g/mol. The minimum atomic E-state index is -0.273. The topological polar surface area (TPSA) is 52.0 Å². The summed E-state index contributed by atoms with van der Waals surface area (Å²) in [6, 6.07) is 5.80. The van der Waals surface area contributed by atoms with Crippen molar-refractivity contribution in [2.75, 3.05) is 0 Å². The van der Waals surface area contributed by atoms with Crippen molar-refractivity contribution >= 4 is 12.4 Å². The van der Waals surface area contributed by atoms with Gasteiger partial charge < -0.3 is 10.2 Å². The third-order valence-corrected chi connectivity index (χ3v) is 2.04. The lowest BCUT2D eigenvalue weighted by Gasteiger charge is -1.98. The summed E-state index contributed by atoms with van der Waals surface area (Å²) in [6.45, 7) is 1.79. The van der Waals surface area contributed by atoms with Crippen molar-refractivity contribution in [2.45, 2.75) is 13.0 Å². The van der Waals surface area contributed by atoms with Crippen LogP contribution in [0.4, 0.5) is 4.39 Å². The molecule has 2 N–H and O–H groups in total. The van der Waals surface area contributed by atoms with Crippen LogP contribution in [0.15, 0.2) is 34.9 Å². The van der Waals surface area contributed by atoms with E-state index in [9.17, 15) is 4.39 Å². The van der Waals surface area contributed by atoms with Gasteiger partial charge in [0.25, 0.3) is 0 Å². The Balaban J connectivity index is 0.00000128. The number of nitrogens with zero attached hydrogens (tertiary/aromatic N) is 1. The van der Waals surface area contributed by atoms with E-state index in [-0.39, 0.29) is 24.3 Å². The highest BCUT2D eigenvalue weighted by Crippen LogP contribution is 2.22. The number of oxazole rings is 1. The van der Waals surface area contributed by atoms with Crippen molar-refractivity contribution in [2.24, 2.45) is 5.73 Å². The lowest BCUT2D eigenvalue weighted by atomic mass is 10.2. The average Bonchev–Trinajstić information content (AvgIpc) is 2.68. The van der Waals surface area contributed by atoms with Crippen molar-refractivity contribution in [3.63, 3.8) is 0 Å². The van der Waals surface area contributed by atoms with Crippen molar-refractivity contribution in [3.8, 4) is 11.3 Å². The summed E-state index contributed by atoms with van der Waals surface area (Å²) in [5.41, 5.74) is 6.40. The van der Waals surface area contributed by atoms with Crippen LogP contribution in [0.5, 0.6) is 0 Å². The van der Waals surface area contributed by atoms with E-state index in [2.05, 4.69) is 4.98 Å². The van der Waals surface area contributed by atoms with Gasteiger partial charge in [-0.05, 0) is 31.2 Å². The monoisotopic (exact) mass is 242 g/mol. The van der Waals surface area contributed by atoms with E-state index in [1.54, 1.807) is 25.3 Å². The summed E-state index contributed by atoms with van der Waals surface area (Å²) >= 11 is 0. The molecule has 0 saturated carbocycles. The molecular formula is C11H12ClFN2O. The number of benzene rings is 1. The van der Waals surface area contributed by atoms with E-state index in [4.69, 9.17) is 10.2 Å². The van der Waals surface area contributed by atoms with Crippen LogP contribution < -0.4 is 5.73 Å². The second kappa shape index (κ2) is 5.09. The molecule has 1 atom stereocenters. The second-order valence-corrected chi connectivity index (χ2v) is 3.36. The molecule has 86 valence electrons. The molecule has 0 radical (unpaired) electrons. The molecule has 0 aliphatic carbocycles. The Hall–Kier alpha value is -1.39. The Morgan fingerprint density at radius 2 is 1.94 bits per heavy atom. The first-order valence-electron chi connectivity index (χ1n) is 4.64. The first kappa shape index (κ1) is 12.7. The van der Waals surface area contributed by atoms with Crippen molar-refractivity contribution in [1.29, 1.82) is 0 Å². The fraction of sp³-hybridized carbons (Fsp3) is 0.182. The second-order valence-electron chi connectivity index (χ2n) is 3.36. The van der Waals surface area contributed by atoms with Gasteiger partial charge in [-0.15, -0.1) is 12.4 Å². The maximum atomic E-state index is 12.7. The quantitative estimate of drug-likeness (QED) is 0.881. The van der Waals surface area contributed by atoms with Crippen LogP contribution in [0.1, 0.15) is 18.9 Å². The molecule has 0 fully saturated rings. The zero-order valence-electron chi connectivity index (χ0n) is 8.68. The maximum Gasteiger partial charge on any atom is 0.211 e. The molecule has 5 heteroatoms. The summed E-state index contributed by atoms with van der Waals surface area (Å²) in [6.07, 6.45) is 1.59. The number of rotatable bonds is 2. The standard InChI is InChI=1S/C11H11FN2O.ClH/c1-7(13)11-14-6-10(15-11)8-2-4-9(12)5-3-8;/h2-7H,13H2,1H3;1H. The van der Waals surface area contributed by atoms with E-state index in [0.717, 1.165) is 5.56 Å². The zero-order chi connectivity index (χ0) is 10.8. The van der Waals surface area contributed by atoms with Gasteiger partial charge in [0.15, 0.2) is 5.76 Å². The van der Waals surface area contributed by atoms with Gasteiger partial charge in [-0.2, -0.15) is 0 Å². The predicted octanol–water partition coefficient (Wildman–Crippen LogP) is 2.92. The van der Waals surface area contributed by atoms with Crippen molar-refractivity contribution < 1.29 is 8.81 Å². The molecule has 2 aromatic rings. The molecule has 1 unspecified atom stereocenters. The predicted molar refractivity (Wildman–Crippen MR) is 61.7 cm³/mol. The zero-order valence-corrected chi connectivity index (χ0v) is 9.50. The minimum absolute atomic E-state index is 0. The smallest absolute Gasteiger partial charge is 0.211 e. The van der Waals surface area contributed by atoms with Gasteiger partial charge in [0.1, 0.15) is 5.82 Å². The van der Waals surface area contributed by atoms with Crippen molar-refractivity contribution in [3.05, 3.63) is 42.2 Å².